The number of nitrogen functional groups attached to an aromatic ring is 2. The molecule has 106 valence electrons. The minimum atomic E-state index is -0.542. The molecule has 0 heterocycles. The highest BCUT2D eigenvalue weighted by Gasteiger charge is 2.25. The predicted octanol–water partition coefficient (Wildman–Crippen LogP) is 4.02. The van der Waals surface area contributed by atoms with E-state index >= 15 is 0 Å². The summed E-state index contributed by atoms with van der Waals surface area (Å²) in [5, 5.41) is 3.19. The first kappa shape index (κ1) is 14.3. The topological polar surface area (TPSA) is 64.1 Å². The summed E-state index contributed by atoms with van der Waals surface area (Å²) in [6.07, 6.45) is 5.72. The van der Waals surface area contributed by atoms with Crippen LogP contribution in [0.3, 0.4) is 0 Å². The van der Waals surface area contributed by atoms with Gasteiger partial charge in [0.25, 0.3) is 0 Å². The van der Waals surface area contributed by atoms with Gasteiger partial charge < -0.3 is 16.8 Å². The first-order chi connectivity index (χ1) is 9.04. The fourth-order valence-electron chi connectivity index (χ4n) is 2.88. The van der Waals surface area contributed by atoms with E-state index in [1.54, 1.807) is 0 Å². The van der Waals surface area contributed by atoms with Crippen LogP contribution in [0.15, 0.2) is 6.07 Å². The van der Waals surface area contributed by atoms with Crippen molar-refractivity contribution in [3.63, 3.8) is 0 Å². The van der Waals surface area contributed by atoms with Gasteiger partial charge in [-0.05, 0) is 24.8 Å². The highest BCUT2D eigenvalue weighted by molar-refractivity contribution is 6.33. The molecule has 0 amide bonds. The van der Waals surface area contributed by atoms with Crippen molar-refractivity contribution in [2.75, 3.05) is 16.8 Å². The molecule has 2 atom stereocenters. The molecule has 0 saturated heterocycles. The molecule has 0 spiro atoms. The number of nitrogens with two attached hydrogens (primary N) is 2. The summed E-state index contributed by atoms with van der Waals surface area (Å²) in [5.74, 6) is 0.0171. The van der Waals surface area contributed by atoms with Crippen molar-refractivity contribution in [2.24, 2.45) is 5.92 Å². The standard InChI is InChI=1S/C14H21ClFN3/c1-2-8-5-3-4-6-11(8)19-14-10(18)7-9(17)12(15)13(14)16/h7-8,11,19H,2-6,17-18H2,1H3. The predicted molar refractivity (Wildman–Crippen MR) is 79.9 cm³/mol. The van der Waals surface area contributed by atoms with E-state index in [0.717, 1.165) is 12.8 Å². The first-order valence-corrected chi connectivity index (χ1v) is 7.21. The normalized spacial score (nSPS) is 23.3. The minimum absolute atomic E-state index is 0.0550. The maximum Gasteiger partial charge on any atom is 0.169 e. The van der Waals surface area contributed by atoms with Gasteiger partial charge >= 0.3 is 0 Å². The second kappa shape index (κ2) is 5.87. The van der Waals surface area contributed by atoms with Gasteiger partial charge in [0.1, 0.15) is 5.02 Å². The molecular formula is C14H21ClFN3. The first-order valence-electron chi connectivity index (χ1n) is 6.84. The third kappa shape index (κ3) is 2.89. The van der Waals surface area contributed by atoms with E-state index in [-0.39, 0.29) is 16.8 Å². The molecule has 1 aliphatic rings. The van der Waals surface area contributed by atoms with Crippen molar-refractivity contribution in [3.05, 3.63) is 16.9 Å². The van der Waals surface area contributed by atoms with Gasteiger partial charge in [0.15, 0.2) is 5.82 Å². The summed E-state index contributed by atoms with van der Waals surface area (Å²) in [4.78, 5) is 0. The molecule has 19 heavy (non-hydrogen) atoms. The van der Waals surface area contributed by atoms with Gasteiger partial charge in [0.05, 0.1) is 17.1 Å². The Labute approximate surface area is 118 Å². The SMILES string of the molecule is CCC1CCCCC1Nc1c(N)cc(N)c(Cl)c1F. The number of anilines is 3. The number of halogens is 2. The molecule has 2 rings (SSSR count). The second-order valence-corrected chi connectivity index (χ2v) is 5.64. The molecule has 1 aromatic rings. The van der Waals surface area contributed by atoms with Crippen LogP contribution in [-0.4, -0.2) is 6.04 Å². The molecule has 3 nitrogen and oxygen atoms in total. The lowest BCUT2D eigenvalue weighted by Gasteiger charge is -2.33. The zero-order valence-electron chi connectivity index (χ0n) is 11.2. The molecule has 0 radical (unpaired) electrons. The molecule has 5 heteroatoms. The van der Waals surface area contributed by atoms with Crippen LogP contribution in [0.2, 0.25) is 5.02 Å². The molecular weight excluding hydrogens is 265 g/mol. The monoisotopic (exact) mass is 285 g/mol. The zero-order chi connectivity index (χ0) is 14.0. The molecule has 0 bridgehead atoms. The number of hydrogen-bond acceptors (Lipinski definition) is 3. The number of nitrogens with one attached hydrogen (secondary N) is 1. The average molecular weight is 286 g/mol. The minimum Gasteiger partial charge on any atom is -0.397 e. The lowest BCUT2D eigenvalue weighted by molar-refractivity contribution is 0.316. The van der Waals surface area contributed by atoms with Crippen LogP contribution < -0.4 is 16.8 Å². The Morgan fingerprint density at radius 2 is 2.00 bits per heavy atom. The zero-order valence-corrected chi connectivity index (χ0v) is 11.9. The van der Waals surface area contributed by atoms with E-state index in [9.17, 15) is 4.39 Å². The Morgan fingerprint density at radius 1 is 1.32 bits per heavy atom. The van der Waals surface area contributed by atoms with Crippen LogP contribution in [0, 0.1) is 11.7 Å². The van der Waals surface area contributed by atoms with Gasteiger partial charge in [0.2, 0.25) is 0 Å². The Balaban J connectivity index is 2.25. The molecule has 5 N–H and O–H groups in total. The quantitative estimate of drug-likeness (QED) is 0.735. The lowest BCUT2D eigenvalue weighted by Crippen LogP contribution is -2.32. The summed E-state index contributed by atoms with van der Waals surface area (Å²) >= 11 is 5.85. The van der Waals surface area contributed by atoms with Gasteiger partial charge in [-0.2, -0.15) is 0 Å². The van der Waals surface area contributed by atoms with E-state index in [4.69, 9.17) is 23.1 Å². The van der Waals surface area contributed by atoms with E-state index < -0.39 is 5.82 Å². The largest absolute Gasteiger partial charge is 0.397 e. The smallest absolute Gasteiger partial charge is 0.169 e. The molecule has 0 aliphatic heterocycles. The van der Waals surface area contributed by atoms with Crippen molar-refractivity contribution in [1.82, 2.24) is 0 Å². The third-order valence-corrected chi connectivity index (χ3v) is 4.41. The molecule has 1 saturated carbocycles. The van der Waals surface area contributed by atoms with Crippen molar-refractivity contribution in [3.8, 4) is 0 Å². The van der Waals surface area contributed by atoms with Gasteiger partial charge in [0, 0.05) is 6.04 Å². The van der Waals surface area contributed by atoms with Crippen LogP contribution in [0.25, 0.3) is 0 Å². The number of benzene rings is 1. The fraction of sp³-hybridized carbons (Fsp3) is 0.571. The average Bonchev–Trinajstić information content (AvgIpc) is 2.41. The maximum atomic E-state index is 14.2. The molecule has 1 aromatic carbocycles. The Morgan fingerprint density at radius 3 is 2.68 bits per heavy atom. The third-order valence-electron chi connectivity index (χ3n) is 4.03. The second-order valence-electron chi connectivity index (χ2n) is 5.26. The molecule has 2 unspecified atom stereocenters. The van der Waals surface area contributed by atoms with Gasteiger partial charge in [-0.15, -0.1) is 0 Å². The van der Waals surface area contributed by atoms with Crippen LogP contribution in [0.5, 0.6) is 0 Å². The summed E-state index contributed by atoms with van der Waals surface area (Å²) in [7, 11) is 0. The molecule has 0 aromatic heterocycles. The van der Waals surface area contributed by atoms with E-state index in [0.29, 0.717) is 17.3 Å². The van der Waals surface area contributed by atoms with Gasteiger partial charge in [-0.3, -0.25) is 0 Å². The number of rotatable bonds is 3. The lowest BCUT2D eigenvalue weighted by atomic mass is 9.82. The number of hydrogen-bond donors (Lipinski definition) is 3. The van der Waals surface area contributed by atoms with Crippen LogP contribution >= 0.6 is 11.6 Å². The molecule has 1 fully saturated rings. The van der Waals surface area contributed by atoms with Gasteiger partial charge in [-0.1, -0.05) is 37.8 Å². The van der Waals surface area contributed by atoms with Crippen LogP contribution in [0.4, 0.5) is 21.5 Å². The summed E-state index contributed by atoms with van der Waals surface area (Å²) in [6.45, 7) is 2.17. The Kier molecular flexibility index (Phi) is 4.40. The summed E-state index contributed by atoms with van der Waals surface area (Å²) in [5.41, 5.74) is 12.2. The Hall–Kier alpha value is -1.16. The Bertz CT molecular complexity index is 464. The van der Waals surface area contributed by atoms with Crippen molar-refractivity contribution in [1.29, 1.82) is 0 Å². The summed E-state index contributed by atoms with van der Waals surface area (Å²) < 4.78 is 14.2. The van der Waals surface area contributed by atoms with Crippen molar-refractivity contribution in [2.45, 2.75) is 45.1 Å². The van der Waals surface area contributed by atoms with E-state index in [1.807, 2.05) is 0 Å². The maximum absolute atomic E-state index is 14.2. The molecule has 1 aliphatic carbocycles. The van der Waals surface area contributed by atoms with E-state index in [1.165, 1.54) is 25.3 Å². The fourth-order valence-corrected chi connectivity index (χ4v) is 3.03. The summed E-state index contributed by atoms with van der Waals surface area (Å²) in [6, 6.07) is 1.77. The van der Waals surface area contributed by atoms with Gasteiger partial charge in [-0.25, -0.2) is 4.39 Å². The highest BCUT2D eigenvalue weighted by atomic mass is 35.5. The highest BCUT2D eigenvalue weighted by Crippen LogP contribution is 2.37. The van der Waals surface area contributed by atoms with Crippen molar-refractivity contribution >= 4 is 28.7 Å². The van der Waals surface area contributed by atoms with Crippen LogP contribution in [0.1, 0.15) is 39.0 Å². The van der Waals surface area contributed by atoms with E-state index in [2.05, 4.69) is 12.2 Å². The van der Waals surface area contributed by atoms with Crippen molar-refractivity contribution < 1.29 is 4.39 Å². The van der Waals surface area contributed by atoms with Crippen LogP contribution in [-0.2, 0) is 0 Å².